The number of halogens is 1. The lowest BCUT2D eigenvalue weighted by atomic mass is 9.96. The van der Waals surface area contributed by atoms with E-state index < -0.39 is 16.0 Å². The van der Waals surface area contributed by atoms with Gasteiger partial charge in [-0.05, 0) is 49.4 Å². The first kappa shape index (κ1) is 20.9. The number of carbonyl (C=O) groups is 1. The molecule has 1 aromatic rings. The second-order valence-corrected chi connectivity index (χ2v) is 7.86. The maximum Gasteiger partial charge on any atom is 0.337 e. The molecule has 0 bridgehead atoms. The van der Waals surface area contributed by atoms with E-state index in [4.69, 9.17) is 5.73 Å². The van der Waals surface area contributed by atoms with E-state index >= 15 is 0 Å². The van der Waals surface area contributed by atoms with Gasteiger partial charge in [-0.15, -0.1) is 12.4 Å². The van der Waals surface area contributed by atoms with Crippen molar-refractivity contribution in [1.82, 2.24) is 4.31 Å². The maximum absolute atomic E-state index is 12.6. The van der Waals surface area contributed by atoms with Crippen LogP contribution in [0.15, 0.2) is 24.3 Å². The summed E-state index contributed by atoms with van der Waals surface area (Å²) < 4.78 is 31.5. The molecule has 0 saturated carbocycles. The van der Waals surface area contributed by atoms with Crippen molar-refractivity contribution in [1.29, 1.82) is 0 Å². The molecule has 1 heterocycles. The average molecular weight is 377 g/mol. The van der Waals surface area contributed by atoms with Gasteiger partial charge in [0.05, 0.1) is 18.4 Å². The van der Waals surface area contributed by atoms with Crippen LogP contribution in [0.4, 0.5) is 0 Å². The molecule has 1 aliphatic heterocycles. The molecule has 8 heteroatoms. The van der Waals surface area contributed by atoms with E-state index in [0.29, 0.717) is 36.7 Å². The second kappa shape index (κ2) is 9.36. The zero-order chi connectivity index (χ0) is 16.9. The van der Waals surface area contributed by atoms with Crippen LogP contribution in [0, 0.1) is 5.92 Å². The summed E-state index contributed by atoms with van der Waals surface area (Å²) in [6, 6.07) is 6.57. The van der Waals surface area contributed by atoms with Gasteiger partial charge in [-0.25, -0.2) is 17.5 Å². The van der Waals surface area contributed by atoms with Gasteiger partial charge in [0.25, 0.3) is 0 Å². The average Bonchev–Trinajstić information content (AvgIpc) is 2.54. The molecule has 0 aromatic heterocycles. The van der Waals surface area contributed by atoms with Crippen molar-refractivity contribution in [3.05, 3.63) is 35.4 Å². The van der Waals surface area contributed by atoms with Gasteiger partial charge in [0.15, 0.2) is 0 Å². The van der Waals surface area contributed by atoms with Gasteiger partial charge in [-0.2, -0.15) is 0 Å². The van der Waals surface area contributed by atoms with Crippen LogP contribution in [0.1, 0.15) is 35.2 Å². The lowest BCUT2D eigenvalue weighted by molar-refractivity contribution is 0.0600. The fourth-order valence-corrected chi connectivity index (χ4v) is 4.59. The predicted molar refractivity (Wildman–Crippen MR) is 95.6 cm³/mol. The highest BCUT2D eigenvalue weighted by atomic mass is 35.5. The second-order valence-electron chi connectivity index (χ2n) is 5.89. The first-order valence-electron chi connectivity index (χ1n) is 7.81. The quantitative estimate of drug-likeness (QED) is 0.764. The zero-order valence-electron chi connectivity index (χ0n) is 13.8. The Morgan fingerprint density at radius 3 is 2.83 bits per heavy atom. The molecular formula is C16H25ClN2O4S. The summed E-state index contributed by atoms with van der Waals surface area (Å²) in [6.07, 6.45) is 2.75. The standard InChI is InChI=1S/C16H24N2O4S.ClH/c1-22-16(19)15-6-2-4-14(10-15)12-23(20,21)18-9-3-5-13(11-18)7-8-17;/h2,4,6,10,13H,3,5,7-9,11-12,17H2,1H3;1H. The van der Waals surface area contributed by atoms with E-state index in [1.54, 1.807) is 28.6 Å². The molecule has 24 heavy (non-hydrogen) atoms. The number of hydrogen-bond donors (Lipinski definition) is 1. The number of nitrogens with zero attached hydrogens (tertiary/aromatic N) is 1. The molecule has 2 rings (SSSR count). The summed E-state index contributed by atoms with van der Waals surface area (Å²) in [4.78, 5) is 11.6. The van der Waals surface area contributed by atoms with E-state index in [9.17, 15) is 13.2 Å². The lowest BCUT2D eigenvalue weighted by Gasteiger charge is -2.31. The summed E-state index contributed by atoms with van der Waals surface area (Å²) >= 11 is 0. The maximum atomic E-state index is 12.6. The van der Waals surface area contributed by atoms with Crippen LogP contribution in [-0.4, -0.2) is 45.4 Å². The first-order chi connectivity index (χ1) is 11.0. The monoisotopic (exact) mass is 376 g/mol. The Balaban J connectivity index is 0.00000288. The molecule has 136 valence electrons. The number of esters is 1. The van der Waals surface area contributed by atoms with E-state index in [0.717, 1.165) is 19.3 Å². The molecule has 1 aliphatic rings. The molecular weight excluding hydrogens is 352 g/mol. The van der Waals surface area contributed by atoms with Crippen molar-refractivity contribution < 1.29 is 17.9 Å². The van der Waals surface area contributed by atoms with Crippen LogP contribution in [-0.2, 0) is 20.5 Å². The van der Waals surface area contributed by atoms with Gasteiger partial charge < -0.3 is 10.5 Å². The van der Waals surface area contributed by atoms with Crippen molar-refractivity contribution in [3.63, 3.8) is 0 Å². The van der Waals surface area contributed by atoms with Gasteiger partial charge in [0, 0.05) is 13.1 Å². The van der Waals surface area contributed by atoms with Crippen LogP contribution < -0.4 is 5.73 Å². The molecule has 0 aliphatic carbocycles. The third-order valence-corrected chi connectivity index (χ3v) is 5.96. The Labute approximate surface area is 149 Å². The lowest BCUT2D eigenvalue weighted by Crippen LogP contribution is -2.41. The topological polar surface area (TPSA) is 89.7 Å². The van der Waals surface area contributed by atoms with Gasteiger partial charge in [0.2, 0.25) is 10.0 Å². The summed E-state index contributed by atoms with van der Waals surface area (Å²) in [5.41, 5.74) is 6.54. The molecule has 0 amide bonds. The van der Waals surface area contributed by atoms with Crippen LogP contribution in [0.3, 0.4) is 0 Å². The fourth-order valence-electron chi connectivity index (χ4n) is 2.96. The van der Waals surface area contributed by atoms with E-state index in [-0.39, 0.29) is 18.2 Å². The summed E-state index contributed by atoms with van der Waals surface area (Å²) in [6.45, 7) is 1.68. The fraction of sp³-hybridized carbons (Fsp3) is 0.562. The van der Waals surface area contributed by atoms with Crippen molar-refractivity contribution in [3.8, 4) is 0 Å². The van der Waals surface area contributed by atoms with Gasteiger partial charge in [-0.3, -0.25) is 0 Å². The number of carbonyl (C=O) groups excluding carboxylic acids is 1. The SMILES string of the molecule is COC(=O)c1cccc(CS(=O)(=O)N2CCCC(CCN)C2)c1.Cl. The number of methoxy groups -OCH3 is 1. The number of piperidine rings is 1. The Kier molecular flexibility index (Phi) is 8.15. The Morgan fingerprint density at radius 2 is 2.17 bits per heavy atom. The number of nitrogens with two attached hydrogens (primary N) is 1. The van der Waals surface area contributed by atoms with E-state index in [1.165, 1.54) is 7.11 Å². The third-order valence-electron chi connectivity index (χ3n) is 4.15. The Bertz CT molecular complexity index is 649. The van der Waals surface area contributed by atoms with Crippen LogP contribution in [0.2, 0.25) is 0 Å². The molecule has 1 saturated heterocycles. The summed E-state index contributed by atoms with van der Waals surface area (Å²) in [7, 11) is -2.09. The molecule has 1 unspecified atom stereocenters. The van der Waals surface area contributed by atoms with Crippen molar-refractivity contribution in [2.45, 2.75) is 25.0 Å². The van der Waals surface area contributed by atoms with E-state index in [1.807, 2.05) is 0 Å². The van der Waals surface area contributed by atoms with E-state index in [2.05, 4.69) is 4.74 Å². The highest BCUT2D eigenvalue weighted by molar-refractivity contribution is 7.88. The largest absolute Gasteiger partial charge is 0.465 e. The number of sulfonamides is 1. The number of benzene rings is 1. The van der Waals surface area contributed by atoms with Crippen molar-refractivity contribution >= 4 is 28.4 Å². The molecule has 1 atom stereocenters. The van der Waals surface area contributed by atoms with Gasteiger partial charge in [-0.1, -0.05) is 12.1 Å². The van der Waals surface area contributed by atoms with Gasteiger partial charge >= 0.3 is 5.97 Å². The Morgan fingerprint density at radius 1 is 1.42 bits per heavy atom. The molecule has 6 nitrogen and oxygen atoms in total. The van der Waals surface area contributed by atoms with Crippen LogP contribution >= 0.6 is 12.4 Å². The third kappa shape index (κ3) is 5.44. The van der Waals surface area contributed by atoms with Crippen molar-refractivity contribution in [2.24, 2.45) is 11.7 Å². The van der Waals surface area contributed by atoms with Gasteiger partial charge in [0.1, 0.15) is 0 Å². The normalized spacial score (nSPS) is 18.7. The highest BCUT2D eigenvalue weighted by Gasteiger charge is 2.28. The predicted octanol–water partition coefficient (Wildman–Crippen LogP) is 1.79. The minimum atomic E-state index is -3.40. The highest BCUT2D eigenvalue weighted by Crippen LogP contribution is 2.23. The number of rotatable bonds is 6. The molecule has 0 spiro atoms. The zero-order valence-corrected chi connectivity index (χ0v) is 15.4. The molecule has 1 aromatic carbocycles. The first-order valence-corrected chi connectivity index (χ1v) is 9.42. The van der Waals surface area contributed by atoms with Crippen LogP contribution in [0.25, 0.3) is 0 Å². The smallest absolute Gasteiger partial charge is 0.337 e. The Hall–Kier alpha value is -1.15. The molecule has 2 N–H and O–H groups in total. The number of ether oxygens (including phenoxy) is 1. The minimum Gasteiger partial charge on any atom is -0.465 e. The minimum absolute atomic E-state index is 0. The molecule has 0 radical (unpaired) electrons. The summed E-state index contributed by atoms with van der Waals surface area (Å²) in [5, 5.41) is 0. The molecule has 1 fully saturated rings. The van der Waals surface area contributed by atoms with Crippen molar-refractivity contribution in [2.75, 3.05) is 26.7 Å². The van der Waals surface area contributed by atoms with Crippen LogP contribution in [0.5, 0.6) is 0 Å². The number of hydrogen-bond acceptors (Lipinski definition) is 5. The summed E-state index contributed by atoms with van der Waals surface area (Å²) in [5.74, 6) is -0.233.